The van der Waals surface area contributed by atoms with E-state index < -0.39 is 11.7 Å². The van der Waals surface area contributed by atoms with Crippen LogP contribution in [0.15, 0.2) is 24.5 Å². The van der Waals surface area contributed by atoms with Crippen LogP contribution >= 0.6 is 11.6 Å². The fraction of sp³-hybridized carbons (Fsp3) is 0.0769. The highest BCUT2D eigenvalue weighted by Gasteiger charge is 2.13. The van der Waals surface area contributed by atoms with Crippen LogP contribution in [0.1, 0.15) is 15.9 Å². The van der Waals surface area contributed by atoms with Gasteiger partial charge in [-0.15, -0.1) is 0 Å². The van der Waals surface area contributed by atoms with Gasteiger partial charge < -0.3 is 4.98 Å². The molecule has 106 valence electrons. The first kappa shape index (κ1) is 13.4. The number of aromatic amines is 1. The van der Waals surface area contributed by atoms with Crippen LogP contribution in [0.2, 0.25) is 5.15 Å². The molecule has 3 rings (SSSR count). The molecule has 0 spiro atoms. The van der Waals surface area contributed by atoms with Gasteiger partial charge in [-0.25, -0.2) is 9.37 Å². The van der Waals surface area contributed by atoms with E-state index in [0.717, 1.165) is 6.07 Å². The largest absolute Gasteiger partial charge is 0.341 e. The van der Waals surface area contributed by atoms with Gasteiger partial charge in [0, 0.05) is 5.56 Å². The summed E-state index contributed by atoms with van der Waals surface area (Å²) in [4.78, 5) is 26.8. The Labute approximate surface area is 123 Å². The predicted octanol–water partition coefficient (Wildman–Crippen LogP) is 2.71. The van der Waals surface area contributed by atoms with Gasteiger partial charge in [0.25, 0.3) is 5.91 Å². The zero-order chi connectivity index (χ0) is 15.0. The zero-order valence-electron chi connectivity index (χ0n) is 10.8. The quantitative estimate of drug-likeness (QED) is 0.713. The monoisotopic (exact) mass is 305 g/mol. The lowest BCUT2D eigenvalue weighted by Gasteiger charge is -2.05. The van der Waals surface area contributed by atoms with Crippen molar-refractivity contribution in [1.82, 2.24) is 19.9 Å². The molecule has 0 fully saturated rings. The van der Waals surface area contributed by atoms with E-state index in [4.69, 9.17) is 11.6 Å². The molecule has 0 radical (unpaired) electrons. The topological polar surface area (TPSA) is 83.6 Å². The second-order valence-corrected chi connectivity index (χ2v) is 4.77. The number of H-pyrrole nitrogens is 1. The van der Waals surface area contributed by atoms with Gasteiger partial charge in [0.1, 0.15) is 11.3 Å². The molecule has 0 saturated carbocycles. The number of nitrogens with one attached hydrogen (secondary N) is 2. The fourth-order valence-corrected chi connectivity index (χ4v) is 2.11. The molecule has 6 nitrogen and oxygen atoms in total. The summed E-state index contributed by atoms with van der Waals surface area (Å²) in [5, 5.41) is 2.61. The second-order valence-electron chi connectivity index (χ2n) is 4.41. The summed E-state index contributed by atoms with van der Waals surface area (Å²) in [5.41, 5.74) is 1.63. The summed E-state index contributed by atoms with van der Waals surface area (Å²) in [5.74, 6) is -1.00. The van der Waals surface area contributed by atoms with Crippen molar-refractivity contribution >= 4 is 34.6 Å². The Hall–Kier alpha value is -2.54. The summed E-state index contributed by atoms with van der Waals surface area (Å²) < 4.78 is 13.3. The van der Waals surface area contributed by atoms with Crippen LogP contribution in [0.4, 0.5) is 10.3 Å². The van der Waals surface area contributed by atoms with Crippen LogP contribution in [0.5, 0.6) is 0 Å². The highest BCUT2D eigenvalue weighted by Crippen LogP contribution is 2.18. The van der Waals surface area contributed by atoms with Gasteiger partial charge in [-0.2, -0.15) is 9.97 Å². The number of aromatic nitrogens is 4. The Kier molecular flexibility index (Phi) is 3.26. The Morgan fingerprint density at radius 1 is 1.33 bits per heavy atom. The van der Waals surface area contributed by atoms with E-state index in [1.165, 1.54) is 12.4 Å². The molecule has 21 heavy (non-hydrogen) atoms. The average Bonchev–Trinajstić information content (AvgIpc) is 2.86. The van der Waals surface area contributed by atoms with Crippen LogP contribution in [0.3, 0.4) is 0 Å². The van der Waals surface area contributed by atoms with E-state index in [1.54, 1.807) is 13.0 Å². The number of anilines is 1. The van der Waals surface area contributed by atoms with Crippen LogP contribution in [0, 0.1) is 12.7 Å². The van der Waals surface area contributed by atoms with Gasteiger partial charge in [-0.1, -0.05) is 11.6 Å². The maximum absolute atomic E-state index is 13.3. The molecule has 2 aromatic heterocycles. The first-order valence-electron chi connectivity index (χ1n) is 5.98. The third-order valence-electron chi connectivity index (χ3n) is 2.77. The van der Waals surface area contributed by atoms with Crippen molar-refractivity contribution in [3.8, 4) is 0 Å². The molecule has 0 unspecified atom stereocenters. The van der Waals surface area contributed by atoms with Gasteiger partial charge in [-0.05, 0) is 30.7 Å². The van der Waals surface area contributed by atoms with Gasteiger partial charge in [0.2, 0.25) is 5.95 Å². The normalized spacial score (nSPS) is 10.8. The zero-order valence-corrected chi connectivity index (χ0v) is 11.6. The molecule has 3 aromatic rings. The lowest BCUT2D eigenvalue weighted by atomic mass is 10.1. The van der Waals surface area contributed by atoms with E-state index in [9.17, 15) is 9.18 Å². The summed E-state index contributed by atoms with van der Waals surface area (Å²) in [7, 11) is 0. The van der Waals surface area contributed by atoms with Gasteiger partial charge in [0.05, 0.1) is 6.33 Å². The number of aryl methyl sites for hydroxylation is 1. The second kappa shape index (κ2) is 5.10. The fourth-order valence-electron chi connectivity index (χ4n) is 1.89. The van der Waals surface area contributed by atoms with Crippen LogP contribution in [-0.4, -0.2) is 25.8 Å². The van der Waals surface area contributed by atoms with Crippen molar-refractivity contribution in [2.45, 2.75) is 6.92 Å². The molecular formula is C13H9ClFN5O. The van der Waals surface area contributed by atoms with Gasteiger partial charge in [0.15, 0.2) is 10.8 Å². The third-order valence-corrected chi connectivity index (χ3v) is 3.04. The van der Waals surface area contributed by atoms with E-state index in [-0.39, 0.29) is 16.7 Å². The van der Waals surface area contributed by atoms with Crippen molar-refractivity contribution in [1.29, 1.82) is 0 Å². The number of carbonyl (C=O) groups is 1. The molecule has 1 amide bonds. The Morgan fingerprint density at radius 3 is 2.90 bits per heavy atom. The maximum Gasteiger partial charge on any atom is 0.258 e. The highest BCUT2D eigenvalue weighted by molar-refractivity contribution is 6.33. The van der Waals surface area contributed by atoms with Crippen molar-refractivity contribution in [2.24, 2.45) is 0 Å². The number of fused-ring (bicyclic) bond motifs is 1. The van der Waals surface area contributed by atoms with Gasteiger partial charge in [-0.3, -0.25) is 10.1 Å². The summed E-state index contributed by atoms with van der Waals surface area (Å²) in [6.45, 7) is 1.70. The van der Waals surface area contributed by atoms with E-state index in [0.29, 0.717) is 16.7 Å². The minimum absolute atomic E-state index is 0.00603. The Morgan fingerprint density at radius 2 is 2.14 bits per heavy atom. The highest BCUT2D eigenvalue weighted by atomic mass is 35.5. The van der Waals surface area contributed by atoms with Gasteiger partial charge >= 0.3 is 0 Å². The van der Waals surface area contributed by atoms with Crippen molar-refractivity contribution < 1.29 is 9.18 Å². The van der Waals surface area contributed by atoms with Crippen molar-refractivity contribution in [2.75, 3.05) is 5.32 Å². The van der Waals surface area contributed by atoms with E-state index >= 15 is 0 Å². The average molecular weight is 306 g/mol. The Bertz CT molecular complexity index is 827. The first-order chi connectivity index (χ1) is 10.0. The maximum atomic E-state index is 13.3. The summed E-state index contributed by atoms with van der Waals surface area (Å²) in [6, 6.07) is 4.03. The van der Waals surface area contributed by atoms with E-state index in [2.05, 4.69) is 25.3 Å². The molecule has 2 N–H and O–H groups in total. The molecule has 0 bridgehead atoms. The number of rotatable bonds is 2. The third kappa shape index (κ3) is 2.68. The smallest absolute Gasteiger partial charge is 0.258 e. The molecule has 1 aromatic carbocycles. The molecule has 0 atom stereocenters. The molecule has 0 aliphatic heterocycles. The number of hydrogen-bond donors (Lipinski definition) is 2. The van der Waals surface area contributed by atoms with Crippen LogP contribution < -0.4 is 5.32 Å². The molecule has 0 saturated heterocycles. The number of carbonyl (C=O) groups excluding carboxylic acids is 1. The first-order valence-corrected chi connectivity index (χ1v) is 6.36. The lowest BCUT2D eigenvalue weighted by molar-refractivity contribution is 0.102. The number of hydrogen-bond acceptors (Lipinski definition) is 4. The molecular weight excluding hydrogens is 297 g/mol. The van der Waals surface area contributed by atoms with Crippen molar-refractivity contribution in [3.05, 3.63) is 46.6 Å². The molecule has 0 aliphatic rings. The number of nitrogens with zero attached hydrogens (tertiary/aromatic N) is 3. The van der Waals surface area contributed by atoms with Crippen LogP contribution in [0.25, 0.3) is 11.2 Å². The molecule has 2 heterocycles. The molecule has 0 aliphatic carbocycles. The SMILES string of the molecule is Cc1cc(F)cc(C(=O)Nc2nc(Cl)c3[nH]cnc3n2)c1. The molecule has 8 heteroatoms. The lowest BCUT2D eigenvalue weighted by Crippen LogP contribution is -2.14. The summed E-state index contributed by atoms with van der Waals surface area (Å²) in [6.07, 6.45) is 1.42. The minimum atomic E-state index is -0.524. The Balaban J connectivity index is 1.92. The van der Waals surface area contributed by atoms with Crippen LogP contribution in [-0.2, 0) is 0 Å². The minimum Gasteiger partial charge on any atom is -0.341 e. The van der Waals surface area contributed by atoms with E-state index in [1.807, 2.05) is 0 Å². The number of amides is 1. The number of imidazole rings is 1. The van der Waals surface area contributed by atoms with Crippen molar-refractivity contribution in [3.63, 3.8) is 0 Å². The summed E-state index contributed by atoms with van der Waals surface area (Å²) >= 11 is 5.95. The predicted molar refractivity (Wildman–Crippen MR) is 75.8 cm³/mol. The number of halogens is 2. The number of benzene rings is 1. The standard InChI is InChI=1S/C13H9ClFN5O/c1-6-2-7(4-8(15)3-6)12(21)20-13-18-10(14)9-11(19-13)17-5-16-9/h2-5H,1H3,(H2,16,17,18,19,20,21).